The number of benzene rings is 1. The maximum Gasteiger partial charge on any atom is 0.269 e. The highest BCUT2D eigenvalue weighted by molar-refractivity contribution is 5.81. The van der Waals surface area contributed by atoms with Crippen LogP contribution in [0.3, 0.4) is 0 Å². The van der Waals surface area contributed by atoms with Gasteiger partial charge in [-0.3, -0.25) is 20.2 Å². The minimum Gasteiger partial charge on any atom is -0.322 e. The molecule has 1 heterocycles. The van der Waals surface area contributed by atoms with E-state index in [-0.39, 0.29) is 24.3 Å². The van der Waals surface area contributed by atoms with Crippen molar-refractivity contribution in [2.24, 2.45) is 0 Å². The van der Waals surface area contributed by atoms with Crippen molar-refractivity contribution >= 4 is 11.6 Å². The summed E-state index contributed by atoms with van der Waals surface area (Å²) in [6, 6.07) is 6.43. The van der Waals surface area contributed by atoms with Crippen LogP contribution in [0.5, 0.6) is 0 Å². The molecule has 6 heteroatoms. The second-order valence-corrected chi connectivity index (χ2v) is 4.58. The van der Waals surface area contributed by atoms with Crippen molar-refractivity contribution in [2.45, 2.75) is 25.9 Å². The lowest BCUT2D eigenvalue weighted by Gasteiger charge is -2.24. The molecule has 1 aliphatic heterocycles. The zero-order valence-electron chi connectivity index (χ0n) is 10.8. The van der Waals surface area contributed by atoms with Gasteiger partial charge in [-0.1, -0.05) is 25.5 Å². The predicted octanol–water partition coefficient (Wildman–Crippen LogP) is 1.83. The van der Waals surface area contributed by atoms with Gasteiger partial charge >= 0.3 is 0 Å². The van der Waals surface area contributed by atoms with E-state index < -0.39 is 4.92 Å². The summed E-state index contributed by atoms with van der Waals surface area (Å²) in [6.45, 7) is 3.03. The van der Waals surface area contributed by atoms with E-state index >= 15 is 0 Å². The molecule has 1 saturated heterocycles. The lowest BCUT2D eigenvalue weighted by Crippen LogP contribution is -2.31. The summed E-state index contributed by atoms with van der Waals surface area (Å²) in [5, 5.41) is 13.9. The number of carbonyl (C=O) groups excluding carboxylic acids is 1. The number of unbranched alkanes of at least 4 members (excludes halogenated alkanes) is 1. The number of nitrogens with zero attached hydrogens (tertiary/aromatic N) is 2. The fraction of sp³-hybridized carbons (Fsp3) is 0.462. The molecular weight excluding hydrogens is 246 g/mol. The standard InChI is InChI=1S/C13H17N3O3/c1-2-3-7-15-12(17)9-14-13(15)10-5-4-6-11(8-10)16(18)19/h4-6,8,13-14H,2-3,7,9H2,1H3. The summed E-state index contributed by atoms with van der Waals surface area (Å²) in [7, 11) is 0. The third kappa shape index (κ3) is 2.90. The zero-order chi connectivity index (χ0) is 13.8. The van der Waals surface area contributed by atoms with Gasteiger partial charge in [0.05, 0.1) is 11.5 Å². The van der Waals surface area contributed by atoms with Crippen molar-refractivity contribution in [3.8, 4) is 0 Å². The van der Waals surface area contributed by atoms with Gasteiger partial charge in [0.1, 0.15) is 6.17 Å². The molecule has 19 heavy (non-hydrogen) atoms. The molecular formula is C13H17N3O3. The van der Waals surface area contributed by atoms with E-state index in [2.05, 4.69) is 12.2 Å². The van der Waals surface area contributed by atoms with Gasteiger partial charge in [0, 0.05) is 18.7 Å². The summed E-state index contributed by atoms with van der Waals surface area (Å²) >= 11 is 0. The molecule has 0 saturated carbocycles. The average Bonchev–Trinajstić information content (AvgIpc) is 2.78. The molecule has 1 aromatic carbocycles. The van der Waals surface area contributed by atoms with Gasteiger partial charge in [-0.25, -0.2) is 0 Å². The Balaban J connectivity index is 2.22. The van der Waals surface area contributed by atoms with Gasteiger partial charge in [0.2, 0.25) is 5.91 Å². The third-order valence-electron chi connectivity index (χ3n) is 3.23. The molecule has 1 aromatic rings. The molecule has 1 unspecified atom stereocenters. The highest BCUT2D eigenvalue weighted by atomic mass is 16.6. The molecule has 1 amide bonds. The van der Waals surface area contributed by atoms with Gasteiger partial charge in [-0.15, -0.1) is 0 Å². The smallest absolute Gasteiger partial charge is 0.269 e. The first-order valence-corrected chi connectivity index (χ1v) is 6.40. The fourth-order valence-electron chi connectivity index (χ4n) is 2.23. The molecule has 0 aliphatic carbocycles. The largest absolute Gasteiger partial charge is 0.322 e. The van der Waals surface area contributed by atoms with E-state index in [0.29, 0.717) is 6.54 Å². The van der Waals surface area contributed by atoms with Crippen LogP contribution in [-0.4, -0.2) is 28.8 Å². The van der Waals surface area contributed by atoms with Crippen molar-refractivity contribution in [3.63, 3.8) is 0 Å². The van der Waals surface area contributed by atoms with E-state index in [0.717, 1.165) is 18.4 Å². The van der Waals surface area contributed by atoms with Crippen LogP contribution < -0.4 is 5.32 Å². The van der Waals surface area contributed by atoms with Crippen molar-refractivity contribution in [3.05, 3.63) is 39.9 Å². The van der Waals surface area contributed by atoms with Gasteiger partial charge < -0.3 is 4.90 Å². The van der Waals surface area contributed by atoms with Crippen molar-refractivity contribution in [2.75, 3.05) is 13.1 Å². The number of rotatable bonds is 5. The quantitative estimate of drug-likeness (QED) is 0.649. The summed E-state index contributed by atoms with van der Waals surface area (Å²) in [5.41, 5.74) is 0.810. The Morgan fingerprint density at radius 2 is 2.32 bits per heavy atom. The van der Waals surface area contributed by atoms with E-state index in [9.17, 15) is 14.9 Å². The molecule has 0 spiro atoms. The molecule has 102 valence electrons. The number of carbonyl (C=O) groups is 1. The van der Waals surface area contributed by atoms with Gasteiger partial charge in [-0.2, -0.15) is 0 Å². The van der Waals surface area contributed by atoms with Crippen LogP contribution in [0.2, 0.25) is 0 Å². The fourth-order valence-corrected chi connectivity index (χ4v) is 2.23. The highest BCUT2D eigenvalue weighted by Crippen LogP contribution is 2.25. The Hall–Kier alpha value is -1.95. The number of amides is 1. The van der Waals surface area contributed by atoms with Crippen LogP contribution in [0.15, 0.2) is 24.3 Å². The first-order chi connectivity index (χ1) is 9.13. The zero-order valence-corrected chi connectivity index (χ0v) is 10.8. The maximum absolute atomic E-state index is 11.8. The number of non-ortho nitro benzene ring substituents is 1. The van der Waals surface area contributed by atoms with E-state index in [1.165, 1.54) is 12.1 Å². The molecule has 1 atom stereocenters. The monoisotopic (exact) mass is 263 g/mol. The maximum atomic E-state index is 11.8. The number of nitro benzene ring substituents is 1. The molecule has 2 rings (SSSR count). The first kappa shape index (κ1) is 13.5. The third-order valence-corrected chi connectivity index (χ3v) is 3.23. The number of nitro groups is 1. The lowest BCUT2D eigenvalue weighted by molar-refractivity contribution is -0.385. The molecule has 0 bridgehead atoms. The summed E-state index contributed by atoms with van der Waals surface area (Å²) < 4.78 is 0. The molecule has 0 radical (unpaired) electrons. The molecule has 6 nitrogen and oxygen atoms in total. The Morgan fingerprint density at radius 1 is 1.53 bits per heavy atom. The van der Waals surface area contributed by atoms with Crippen molar-refractivity contribution in [1.29, 1.82) is 0 Å². The number of hydrogen-bond acceptors (Lipinski definition) is 4. The van der Waals surface area contributed by atoms with Crippen molar-refractivity contribution in [1.82, 2.24) is 10.2 Å². The number of nitrogens with one attached hydrogen (secondary N) is 1. The average molecular weight is 263 g/mol. The predicted molar refractivity (Wildman–Crippen MR) is 70.5 cm³/mol. The Bertz CT molecular complexity index is 490. The van der Waals surface area contributed by atoms with Crippen LogP contribution in [0.4, 0.5) is 5.69 Å². The molecule has 1 N–H and O–H groups in total. The van der Waals surface area contributed by atoms with Gasteiger partial charge in [0.25, 0.3) is 5.69 Å². The lowest BCUT2D eigenvalue weighted by atomic mass is 10.1. The second-order valence-electron chi connectivity index (χ2n) is 4.58. The van der Waals surface area contributed by atoms with E-state index in [1.54, 1.807) is 11.0 Å². The Morgan fingerprint density at radius 3 is 3.00 bits per heavy atom. The first-order valence-electron chi connectivity index (χ1n) is 6.40. The topological polar surface area (TPSA) is 75.5 Å². The molecule has 1 fully saturated rings. The molecule has 1 aliphatic rings. The number of hydrogen-bond donors (Lipinski definition) is 1. The minimum absolute atomic E-state index is 0.0463. The summed E-state index contributed by atoms with van der Waals surface area (Å²) in [4.78, 5) is 23.9. The Kier molecular flexibility index (Phi) is 4.11. The van der Waals surface area contributed by atoms with Crippen LogP contribution in [0.1, 0.15) is 31.5 Å². The minimum atomic E-state index is -0.420. The second kappa shape index (κ2) is 5.79. The van der Waals surface area contributed by atoms with Crippen LogP contribution in [0.25, 0.3) is 0 Å². The summed E-state index contributed by atoms with van der Waals surface area (Å²) in [6.07, 6.45) is 1.68. The normalized spacial score (nSPS) is 18.9. The SMILES string of the molecule is CCCCN1C(=O)CNC1c1cccc([N+](=O)[O-])c1. The van der Waals surface area contributed by atoms with E-state index in [1.807, 2.05) is 6.07 Å². The molecule has 0 aromatic heterocycles. The van der Waals surface area contributed by atoms with Crippen LogP contribution in [0, 0.1) is 10.1 Å². The van der Waals surface area contributed by atoms with E-state index in [4.69, 9.17) is 0 Å². The van der Waals surface area contributed by atoms with Crippen LogP contribution >= 0.6 is 0 Å². The van der Waals surface area contributed by atoms with Gasteiger partial charge in [0.15, 0.2) is 0 Å². The summed E-state index contributed by atoms with van der Waals surface area (Å²) in [5.74, 6) is 0.0463. The van der Waals surface area contributed by atoms with Crippen molar-refractivity contribution < 1.29 is 9.72 Å². The van der Waals surface area contributed by atoms with Crippen LogP contribution in [-0.2, 0) is 4.79 Å². The Labute approximate surface area is 111 Å². The van der Waals surface area contributed by atoms with Gasteiger partial charge in [-0.05, 0) is 12.0 Å². The highest BCUT2D eigenvalue weighted by Gasteiger charge is 2.31.